The second kappa shape index (κ2) is 4.48. The van der Waals surface area contributed by atoms with Crippen LogP contribution in [0.25, 0.3) is 0 Å². The lowest BCUT2D eigenvalue weighted by Gasteiger charge is -2.21. The van der Waals surface area contributed by atoms with E-state index in [1.165, 1.54) is 24.6 Å². The van der Waals surface area contributed by atoms with Crippen molar-refractivity contribution in [1.82, 2.24) is 10.3 Å². The van der Waals surface area contributed by atoms with Crippen molar-refractivity contribution in [3.8, 4) is 6.07 Å². The topological polar surface area (TPSA) is 61.9 Å². The Morgan fingerprint density at radius 2 is 2.50 bits per heavy atom. The molecule has 0 saturated heterocycles. The van der Waals surface area contributed by atoms with Gasteiger partial charge < -0.3 is 4.42 Å². The molecule has 86 valence electrons. The number of aryl methyl sites for hydroxylation is 1. The summed E-state index contributed by atoms with van der Waals surface area (Å²) in [6.45, 7) is 3.81. The van der Waals surface area contributed by atoms with E-state index in [0.29, 0.717) is 17.0 Å². The van der Waals surface area contributed by atoms with Crippen LogP contribution in [0, 0.1) is 18.3 Å². The maximum absolute atomic E-state index is 9.17. The number of aromatic nitrogens is 1. The molecule has 1 fully saturated rings. The number of thioether (sulfide) groups is 1. The van der Waals surface area contributed by atoms with Crippen molar-refractivity contribution >= 4 is 11.8 Å². The molecule has 16 heavy (non-hydrogen) atoms. The van der Waals surface area contributed by atoms with E-state index < -0.39 is 5.54 Å². The highest BCUT2D eigenvalue weighted by Gasteiger charge is 2.32. The first-order valence-corrected chi connectivity index (χ1v) is 6.34. The molecule has 1 aliphatic rings. The molecule has 1 aromatic heterocycles. The fourth-order valence-corrected chi connectivity index (χ4v) is 2.27. The minimum Gasteiger partial charge on any atom is -0.440 e. The van der Waals surface area contributed by atoms with Gasteiger partial charge in [0.25, 0.3) is 5.22 Å². The lowest BCUT2D eigenvalue weighted by atomic mass is 10.1. The average molecular weight is 237 g/mol. The van der Waals surface area contributed by atoms with Gasteiger partial charge in [-0.1, -0.05) is 11.8 Å². The minimum atomic E-state index is -0.492. The van der Waals surface area contributed by atoms with Gasteiger partial charge in [0.15, 0.2) is 0 Å². The average Bonchev–Trinajstić information content (AvgIpc) is 2.97. The Morgan fingerprint density at radius 1 is 1.75 bits per heavy atom. The molecule has 0 aromatic carbocycles. The number of nitrogens with one attached hydrogen (secondary N) is 1. The van der Waals surface area contributed by atoms with Crippen LogP contribution in [0.15, 0.2) is 15.9 Å². The van der Waals surface area contributed by atoms with Gasteiger partial charge in [-0.2, -0.15) is 5.26 Å². The van der Waals surface area contributed by atoms with Gasteiger partial charge in [0.1, 0.15) is 11.8 Å². The Morgan fingerprint density at radius 3 is 3.00 bits per heavy atom. The molecular weight excluding hydrogens is 222 g/mol. The van der Waals surface area contributed by atoms with Crippen LogP contribution in [0.5, 0.6) is 0 Å². The maximum atomic E-state index is 9.17. The zero-order chi connectivity index (χ0) is 11.6. The third-order valence-electron chi connectivity index (χ3n) is 2.43. The third-order valence-corrected chi connectivity index (χ3v) is 3.59. The molecule has 1 aliphatic carbocycles. The van der Waals surface area contributed by atoms with Gasteiger partial charge in [-0.25, -0.2) is 4.98 Å². The van der Waals surface area contributed by atoms with E-state index in [0.717, 1.165) is 5.69 Å². The Bertz CT molecular complexity index is 408. The molecular formula is C11H15N3OS. The molecule has 1 N–H and O–H groups in total. The van der Waals surface area contributed by atoms with Crippen molar-refractivity contribution in [3.05, 3.63) is 12.0 Å². The summed E-state index contributed by atoms with van der Waals surface area (Å²) in [7, 11) is 0. The van der Waals surface area contributed by atoms with Crippen molar-refractivity contribution in [1.29, 1.82) is 5.26 Å². The molecule has 4 nitrogen and oxygen atoms in total. The molecule has 1 saturated carbocycles. The van der Waals surface area contributed by atoms with Gasteiger partial charge in [-0.3, -0.25) is 5.32 Å². The van der Waals surface area contributed by atoms with Crippen molar-refractivity contribution in [2.75, 3.05) is 5.75 Å². The summed E-state index contributed by atoms with van der Waals surface area (Å²) in [5.74, 6) is 0.653. The summed E-state index contributed by atoms with van der Waals surface area (Å²) in [5.41, 5.74) is 0.380. The normalized spacial score (nSPS) is 19.1. The van der Waals surface area contributed by atoms with Gasteiger partial charge in [0.05, 0.1) is 11.8 Å². The lowest BCUT2D eigenvalue weighted by molar-refractivity contribution is 0.448. The van der Waals surface area contributed by atoms with E-state index in [9.17, 15) is 0 Å². The Hall–Kier alpha value is -0.990. The molecule has 0 bridgehead atoms. The van der Waals surface area contributed by atoms with E-state index in [2.05, 4.69) is 16.4 Å². The van der Waals surface area contributed by atoms with Gasteiger partial charge >= 0.3 is 0 Å². The minimum absolute atomic E-state index is 0.492. The highest BCUT2D eigenvalue weighted by molar-refractivity contribution is 7.99. The van der Waals surface area contributed by atoms with Gasteiger partial charge in [0.2, 0.25) is 0 Å². The van der Waals surface area contributed by atoms with Crippen LogP contribution in [-0.4, -0.2) is 22.3 Å². The van der Waals surface area contributed by atoms with E-state index in [4.69, 9.17) is 9.68 Å². The summed E-state index contributed by atoms with van der Waals surface area (Å²) in [6, 6.07) is 2.85. The zero-order valence-corrected chi connectivity index (χ0v) is 10.3. The van der Waals surface area contributed by atoms with Crippen molar-refractivity contribution < 1.29 is 4.42 Å². The SMILES string of the molecule is Cc1coc(SCC(C)(C#N)NC2CC2)n1. The molecule has 1 heterocycles. The second-order valence-electron chi connectivity index (χ2n) is 4.41. The van der Waals surface area contributed by atoms with Crippen molar-refractivity contribution in [2.45, 2.75) is 43.5 Å². The number of oxazole rings is 1. The van der Waals surface area contributed by atoms with E-state index >= 15 is 0 Å². The maximum Gasteiger partial charge on any atom is 0.255 e. The fourth-order valence-electron chi connectivity index (χ4n) is 1.39. The highest BCUT2D eigenvalue weighted by Crippen LogP contribution is 2.26. The summed E-state index contributed by atoms with van der Waals surface area (Å²) in [6.07, 6.45) is 3.99. The van der Waals surface area contributed by atoms with Crippen LogP contribution in [0.3, 0.4) is 0 Å². The fraction of sp³-hybridized carbons (Fsp3) is 0.636. The molecule has 0 amide bonds. The molecule has 1 aromatic rings. The number of nitrogens with zero attached hydrogens (tertiary/aromatic N) is 2. The van der Waals surface area contributed by atoms with Crippen LogP contribution < -0.4 is 5.32 Å². The first kappa shape index (κ1) is 11.5. The van der Waals surface area contributed by atoms with Gasteiger partial charge in [-0.15, -0.1) is 0 Å². The summed E-state index contributed by atoms with van der Waals surface area (Å²) in [5, 5.41) is 13.1. The molecule has 5 heteroatoms. The Labute approximate surface area is 99.4 Å². The van der Waals surface area contributed by atoms with Gasteiger partial charge in [0, 0.05) is 11.8 Å². The monoisotopic (exact) mass is 237 g/mol. The van der Waals surface area contributed by atoms with Crippen LogP contribution >= 0.6 is 11.8 Å². The molecule has 0 aliphatic heterocycles. The zero-order valence-electron chi connectivity index (χ0n) is 9.49. The predicted molar refractivity (Wildman–Crippen MR) is 62.1 cm³/mol. The first-order valence-electron chi connectivity index (χ1n) is 5.35. The largest absolute Gasteiger partial charge is 0.440 e. The van der Waals surface area contributed by atoms with Gasteiger partial charge in [-0.05, 0) is 26.7 Å². The van der Waals surface area contributed by atoms with Crippen molar-refractivity contribution in [3.63, 3.8) is 0 Å². The van der Waals surface area contributed by atoms with E-state index in [1.807, 2.05) is 13.8 Å². The molecule has 2 rings (SSSR count). The summed E-state index contributed by atoms with van der Waals surface area (Å²) >= 11 is 1.48. The van der Waals surface area contributed by atoms with E-state index in [-0.39, 0.29) is 0 Å². The number of rotatable bonds is 5. The summed E-state index contributed by atoms with van der Waals surface area (Å²) < 4.78 is 5.24. The molecule has 0 spiro atoms. The quantitative estimate of drug-likeness (QED) is 0.795. The molecule has 1 unspecified atom stereocenters. The first-order chi connectivity index (χ1) is 7.61. The highest BCUT2D eigenvalue weighted by atomic mass is 32.2. The molecule has 1 atom stereocenters. The third kappa shape index (κ3) is 3.00. The summed E-state index contributed by atoms with van der Waals surface area (Å²) in [4.78, 5) is 4.20. The smallest absolute Gasteiger partial charge is 0.255 e. The Balaban J connectivity index is 1.89. The molecule has 0 radical (unpaired) electrons. The number of nitriles is 1. The number of hydrogen-bond acceptors (Lipinski definition) is 5. The predicted octanol–water partition coefficient (Wildman–Crippen LogP) is 2.11. The lowest BCUT2D eigenvalue weighted by Crippen LogP contribution is -2.44. The van der Waals surface area contributed by atoms with Crippen molar-refractivity contribution in [2.24, 2.45) is 0 Å². The second-order valence-corrected chi connectivity index (χ2v) is 5.33. The standard InChI is InChI=1S/C11H15N3OS/c1-8-5-15-10(13-8)16-7-11(2,6-12)14-9-3-4-9/h5,9,14H,3-4,7H2,1-2H3. The van der Waals surface area contributed by atoms with Crippen LogP contribution in [0.1, 0.15) is 25.5 Å². The van der Waals surface area contributed by atoms with Crippen LogP contribution in [0.2, 0.25) is 0 Å². The number of hydrogen-bond donors (Lipinski definition) is 1. The van der Waals surface area contributed by atoms with Crippen LogP contribution in [-0.2, 0) is 0 Å². The Kier molecular flexibility index (Phi) is 3.22. The van der Waals surface area contributed by atoms with E-state index in [1.54, 1.807) is 6.26 Å². The van der Waals surface area contributed by atoms with Crippen LogP contribution in [0.4, 0.5) is 0 Å².